The molecule has 19 heavy (non-hydrogen) atoms. The van der Waals surface area contributed by atoms with Gasteiger partial charge in [-0.25, -0.2) is 0 Å². The van der Waals surface area contributed by atoms with E-state index in [4.69, 9.17) is 0 Å². The smallest absolute Gasteiger partial charge is 0.0506 e. The van der Waals surface area contributed by atoms with E-state index in [2.05, 4.69) is 27.1 Å². The summed E-state index contributed by atoms with van der Waals surface area (Å²) in [5.74, 6) is 0. The van der Waals surface area contributed by atoms with Gasteiger partial charge in [-0.05, 0) is 44.8 Å². The zero-order chi connectivity index (χ0) is 12.9. The van der Waals surface area contributed by atoms with E-state index in [1.165, 1.54) is 78.3 Å². The molecule has 4 heteroatoms. The molecular weight excluding hydrogens is 236 g/mol. The lowest BCUT2D eigenvalue weighted by Gasteiger charge is -2.49. The first-order valence-corrected chi connectivity index (χ1v) is 8.01. The van der Waals surface area contributed by atoms with E-state index in [0.29, 0.717) is 10.8 Å². The van der Waals surface area contributed by atoms with Crippen molar-refractivity contribution < 1.29 is 0 Å². The maximum absolute atomic E-state index is 3.56. The molecule has 0 aromatic carbocycles. The Kier molecular flexibility index (Phi) is 2.92. The first kappa shape index (κ1) is 12.6. The minimum absolute atomic E-state index is 0.635. The van der Waals surface area contributed by atoms with Crippen molar-refractivity contribution in [3.8, 4) is 0 Å². The highest BCUT2D eigenvalue weighted by molar-refractivity contribution is 5.01. The van der Waals surface area contributed by atoms with E-state index in [1.807, 2.05) is 0 Å². The molecule has 0 aliphatic carbocycles. The molecule has 0 aromatic rings. The lowest BCUT2D eigenvalue weighted by atomic mass is 9.79. The Morgan fingerprint density at radius 2 is 1.68 bits per heavy atom. The molecule has 108 valence electrons. The Bertz CT molecular complexity index is 344. The van der Waals surface area contributed by atoms with Crippen molar-refractivity contribution in [2.75, 3.05) is 66.1 Å². The average Bonchev–Trinajstić information content (AvgIpc) is 3.03. The second-order valence-electron chi connectivity index (χ2n) is 7.85. The van der Waals surface area contributed by atoms with E-state index in [1.54, 1.807) is 0 Å². The van der Waals surface area contributed by atoms with Crippen molar-refractivity contribution in [2.24, 2.45) is 10.8 Å². The van der Waals surface area contributed by atoms with Gasteiger partial charge in [-0.1, -0.05) is 0 Å². The molecule has 4 heterocycles. The van der Waals surface area contributed by atoms with Crippen LogP contribution in [0.25, 0.3) is 0 Å². The monoisotopic (exact) mass is 264 g/mol. The molecule has 4 nitrogen and oxygen atoms in total. The van der Waals surface area contributed by atoms with Crippen LogP contribution in [0.3, 0.4) is 0 Å². The molecule has 1 atom stereocenters. The number of hydrogen-bond donors (Lipinski definition) is 1. The molecule has 1 unspecified atom stereocenters. The van der Waals surface area contributed by atoms with E-state index in [-0.39, 0.29) is 0 Å². The van der Waals surface area contributed by atoms with Crippen LogP contribution in [0.2, 0.25) is 0 Å². The fourth-order valence-corrected chi connectivity index (χ4v) is 4.99. The van der Waals surface area contributed by atoms with Crippen molar-refractivity contribution in [2.45, 2.75) is 19.3 Å². The van der Waals surface area contributed by atoms with Crippen LogP contribution in [-0.4, -0.2) is 80.8 Å². The Morgan fingerprint density at radius 1 is 0.895 bits per heavy atom. The number of nitrogens with one attached hydrogen (secondary N) is 1. The summed E-state index contributed by atoms with van der Waals surface area (Å²) in [6.07, 6.45) is 4.24. The van der Waals surface area contributed by atoms with Crippen LogP contribution in [-0.2, 0) is 0 Å². The predicted molar refractivity (Wildman–Crippen MR) is 77.1 cm³/mol. The normalized spacial score (nSPS) is 39.6. The summed E-state index contributed by atoms with van der Waals surface area (Å²) in [6.45, 7) is 11.7. The van der Waals surface area contributed by atoms with Crippen LogP contribution < -0.4 is 5.32 Å². The van der Waals surface area contributed by atoms with Gasteiger partial charge in [-0.3, -0.25) is 9.80 Å². The number of likely N-dealkylation sites (tertiary alicyclic amines) is 3. The summed E-state index contributed by atoms with van der Waals surface area (Å²) < 4.78 is 0. The molecule has 4 saturated heterocycles. The van der Waals surface area contributed by atoms with Gasteiger partial charge >= 0.3 is 0 Å². The summed E-state index contributed by atoms with van der Waals surface area (Å²) in [4.78, 5) is 7.89. The quantitative estimate of drug-likeness (QED) is 0.773. The third kappa shape index (κ3) is 2.23. The van der Waals surface area contributed by atoms with Gasteiger partial charge < -0.3 is 10.2 Å². The molecule has 0 saturated carbocycles. The van der Waals surface area contributed by atoms with E-state index >= 15 is 0 Å². The van der Waals surface area contributed by atoms with Crippen LogP contribution in [0.15, 0.2) is 0 Å². The van der Waals surface area contributed by atoms with Gasteiger partial charge in [0.05, 0.1) is 6.67 Å². The van der Waals surface area contributed by atoms with Crippen molar-refractivity contribution in [3.63, 3.8) is 0 Å². The van der Waals surface area contributed by atoms with Crippen LogP contribution in [0.1, 0.15) is 19.3 Å². The van der Waals surface area contributed by atoms with Gasteiger partial charge in [0.1, 0.15) is 0 Å². The fraction of sp³-hybridized carbons (Fsp3) is 1.00. The second-order valence-corrected chi connectivity index (χ2v) is 7.85. The van der Waals surface area contributed by atoms with Gasteiger partial charge in [0.25, 0.3) is 0 Å². The first-order chi connectivity index (χ1) is 9.17. The van der Waals surface area contributed by atoms with Gasteiger partial charge in [0.15, 0.2) is 0 Å². The third-order valence-corrected chi connectivity index (χ3v) is 6.00. The van der Waals surface area contributed by atoms with Gasteiger partial charge in [0, 0.05) is 44.7 Å². The molecule has 4 aliphatic heterocycles. The Morgan fingerprint density at radius 3 is 2.37 bits per heavy atom. The lowest BCUT2D eigenvalue weighted by molar-refractivity contribution is -0.0255. The SMILES string of the molecule is CN1CCC2(C1)CN(CN1CCC3(CCNC3)C1)C2. The highest BCUT2D eigenvalue weighted by Gasteiger charge is 2.48. The van der Waals surface area contributed by atoms with Crippen LogP contribution in [0.4, 0.5) is 0 Å². The van der Waals surface area contributed by atoms with Gasteiger partial charge in [0.2, 0.25) is 0 Å². The van der Waals surface area contributed by atoms with Crippen LogP contribution >= 0.6 is 0 Å². The Labute approximate surface area is 117 Å². The third-order valence-electron chi connectivity index (χ3n) is 6.00. The van der Waals surface area contributed by atoms with Crippen LogP contribution in [0.5, 0.6) is 0 Å². The van der Waals surface area contributed by atoms with E-state index in [9.17, 15) is 0 Å². The second kappa shape index (κ2) is 4.42. The molecule has 4 aliphatic rings. The number of hydrogen-bond acceptors (Lipinski definition) is 4. The molecule has 0 amide bonds. The van der Waals surface area contributed by atoms with Crippen molar-refractivity contribution in [3.05, 3.63) is 0 Å². The summed E-state index contributed by atoms with van der Waals surface area (Å²) >= 11 is 0. The van der Waals surface area contributed by atoms with Crippen LogP contribution in [0, 0.1) is 10.8 Å². The fourth-order valence-electron chi connectivity index (χ4n) is 4.99. The van der Waals surface area contributed by atoms with Crippen molar-refractivity contribution in [1.82, 2.24) is 20.0 Å². The molecule has 0 bridgehead atoms. The molecule has 4 fully saturated rings. The molecule has 0 radical (unpaired) electrons. The highest BCUT2D eigenvalue weighted by atomic mass is 15.4. The minimum Gasteiger partial charge on any atom is -0.316 e. The summed E-state index contributed by atoms with van der Waals surface area (Å²) in [7, 11) is 2.27. The van der Waals surface area contributed by atoms with E-state index < -0.39 is 0 Å². The van der Waals surface area contributed by atoms with Crippen molar-refractivity contribution in [1.29, 1.82) is 0 Å². The number of nitrogens with zero attached hydrogens (tertiary/aromatic N) is 3. The number of rotatable bonds is 2. The highest BCUT2D eigenvalue weighted by Crippen LogP contribution is 2.40. The Balaban J connectivity index is 1.26. The van der Waals surface area contributed by atoms with E-state index in [0.717, 1.165) is 0 Å². The molecule has 4 rings (SSSR count). The maximum Gasteiger partial charge on any atom is 0.0506 e. The molecule has 2 spiro atoms. The zero-order valence-corrected chi connectivity index (χ0v) is 12.3. The minimum atomic E-state index is 0.635. The largest absolute Gasteiger partial charge is 0.316 e. The molecule has 1 N–H and O–H groups in total. The predicted octanol–water partition coefficient (Wildman–Crippen LogP) is 0.267. The topological polar surface area (TPSA) is 21.8 Å². The average molecular weight is 264 g/mol. The lowest BCUT2D eigenvalue weighted by Crippen LogP contribution is -2.59. The molecular formula is C15H28N4. The maximum atomic E-state index is 3.56. The summed E-state index contributed by atoms with van der Waals surface area (Å²) in [6, 6.07) is 0. The standard InChI is InChI=1S/C15H28N4/c1-17-6-3-15(9-17)11-19(12-15)13-18-7-4-14(10-18)2-5-16-8-14/h16H,2-13H2,1H3. The van der Waals surface area contributed by atoms with Gasteiger partial charge in [-0.2, -0.15) is 0 Å². The molecule has 0 aromatic heterocycles. The Hall–Kier alpha value is -0.160. The summed E-state index contributed by atoms with van der Waals surface area (Å²) in [5, 5.41) is 3.56. The van der Waals surface area contributed by atoms with Crippen molar-refractivity contribution >= 4 is 0 Å². The summed E-state index contributed by atoms with van der Waals surface area (Å²) in [5.41, 5.74) is 1.30. The van der Waals surface area contributed by atoms with Gasteiger partial charge in [-0.15, -0.1) is 0 Å². The zero-order valence-electron chi connectivity index (χ0n) is 12.3. The first-order valence-electron chi connectivity index (χ1n) is 8.01.